The number of piperidine rings is 1. The van der Waals surface area contributed by atoms with Gasteiger partial charge in [0.25, 0.3) is 5.91 Å². The summed E-state index contributed by atoms with van der Waals surface area (Å²) in [6.45, 7) is 6.92. The van der Waals surface area contributed by atoms with Crippen molar-refractivity contribution >= 4 is 11.9 Å². The number of hydrogen-bond acceptors (Lipinski definition) is 7. The summed E-state index contributed by atoms with van der Waals surface area (Å²) in [6.07, 6.45) is 0.113. The van der Waals surface area contributed by atoms with Gasteiger partial charge >= 0.3 is 12.1 Å². The second kappa shape index (κ2) is 11.0. The summed E-state index contributed by atoms with van der Waals surface area (Å²) in [5.74, 6) is 0.245. The smallest absolute Gasteiger partial charge is 0.475 e. The molecule has 10 nitrogen and oxygen atoms in total. The molecule has 1 spiro atoms. The number of likely N-dealkylation sites (tertiary alicyclic amines) is 1. The third-order valence-electron chi connectivity index (χ3n) is 6.94. The fourth-order valence-corrected chi connectivity index (χ4v) is 4.85. The summed E-state index contributed by atoms with van der Waals surface area (Å²) in [4.78, 5) is 23.9. The van der Waals surface area contributed by atoms with Gasteiger partial charge in [0.05, 0.1) is 0 Å². The second-order valence-corrected chi connectivity index (χ2v) is 9.55. The van der Waals surface area contributed by atoms with E-state index in [0.29, 0.717) is 19.2 Å². The van der Waals surface area contributed by atoms with Crippen molar-refractivity contribution in [3.8, 4) is 11.5 Å². The second-order valence-electron chi connectivity index (χ2n) is 9.55. The molecular weight excluding hydrogens is 495 g/mol. The highest BCUT2D eigenvalue weighted by Gasteiger charge is 2.40. The van der Waals surface area contributed by atoms with Crippen molar-refractivity contribution in [1.82, 2.24) is 25.0 Å². The zero-order chi connectivity index (χ0) is 26.6. The number of aromatic nitrogens is 3. The lowest BCUT2D eigenvalue weighted by Crippen LogP contribution is -2.44. The fourth-order valence-electron chi connectivity index (χ4n) is 4.85. The predicted octanol–water partition coefficient (Wildman–Crippen LogP) is 3.01. The summed E-state index contributed by atoms with van der Waals surface area (Å²) in [7, 11) is 0. The van der Waals surface area contributed by atoms with Crippen LogP contribution in [0.5, 0.6) is 11.5 Å². The number of fused-ring (bicyclic) bond motifs is 2. The summed E-state index contributed by atoms with van der Waals surface area (Å²) in [5.41, 5.74) is 1.50. The highest BCUT2D eigenvalue weighted by molar-refractivity contribution is 5.90. The van der Waals surface area contributed by atoms with Crippen LogP contribution in [-0.4, -0.2) is 69.3 Å². The Balaban J connectivity index is 0.000000405. The first-order chi connectivity index (χ1) is 17.6. The average Bonchev–Trinajstić information content (AvgIpc) is 3.50. The first-order valence-electron chi connectivity index (χ1n) is 12.2. The van der Waals surface area contributed by atoms with Gasteiger partial charge in [0.2, 0.25) is 12.6 Å². The zero-order valence-electron chi connectivity index (χ0n) is 20.5. The van der Waals surface area contributed by atoms with Gasteiger partial charge in [0, 0.05) is 26.1 Å². The number of ether oxygens (including phenoxy) is 2. The standard InChI is InChI=1S/C22H29N5O3.C2HF3O2/c1-2-9-23-21(28)20-25-24-19-5-6-22(14-27(19)20)7-10-26(11-8-22)13-16-3-4-17-18(12-16)30-15-29-17;3-2(4,5)1(6)7/h3-4,12H,2,5-11,13-15H2,1H3,(H,23,28);(H,6,7). The Morgan fingerprint density at radius 3 is 2.51 bits per heavy atom. The third kappa shape index (κ3) is 6.32. The van der Waals surface area contributed by atoms with Gasteiger partial charge in [0.15, 0.2) is 11.5 Å². The molecule has 0 unspecified atom stereocenters. The van der Waals surface area contributed by atoms with Crippen molar-refractivity contribution in [1.29, 1.82) is 0 Å². The average molecular weight is 526 g/mol. The number of halogens is 3. The summed E-state index contributed by atoms with van der Waals surface area (Å²) in [5, 5.41) is 18.5. The van der Waals surface area contributed by atoms with E-state index in [1.807, 2.05) is 13.0 Å². The number of carboxylic acids is 1. The SMILES string of the molecule is CCCNC(=O)c1nnc2n1CC1(CC2)CCN(Cc2ccc3c(c2)OCO3)CC1.O=C(O)C(F)(F)F. The monoisotopic (exact) mass is 525 g/mol. The van der Waals surface area contributed by atoms with Crippen LogP contribution < -0.4 is 14.8 Å². The van der Waals surface area contributed by atoms with Gasteiger partial charge in [-0.2, -0.15) is 13.2 Å². The lowest BCUT2D eigenvalue weighted by molar-refractivity contribution is -0.192. The molecule has 37 heavy (non-hydrogen) atoms. The molecule has 1 amide bonds. The Labute approximate surface area is 211 Å². The predicted molar refractivity (Wildman–Crippen MR) is 124 cm³/mol. The number of aliphatic carboxylic acids is 1. The third-order valence-corrected chi connectivity index (χ3v) is 6.94. The van der Waals surface area contributed by atoms with Gasteiger partial charge in [-0.3, -0.25) is 9.69 Å². The first kappa shape index (κ1) is 26.7. The van der Waals surface area contributed by atoms with E-state index in [-0.39, 0.29) is 11.3 Å². The van der Waals surface area contributed by atoms with Crippen molar-refractivity contribution in [2.24, 2.45) is 5.41 Å². The molecule has 4 heterocycles. The van der Waals surface area contributed by atoms with E-state index in [0.717, 1.165) is 75.6 Å². The molecule has 1 aromatic heterocycles. The van der Waals surface area contributed by atoms with Gasteiger partial charge in [-0.05, 0) is 61.9 Å². The van der Waals surface area contributed by atoms with Crippen LogP contribution in [-0.2, 0) is 24.3 Å². The van der Waals surface area contributed by atoms with Crippen LogP contribution in [0.4, 0.5) is 13.2 Å². The number of nitrogens with one attached hydrogen (secondary N) is 1. The van der Waals surface area contributed by atoms with E-state index >= 15 is 0 Å². The molecule has 0 radical (unpaired) electrons. The lowest BCUT2D eigenvalue weighted by Gasteiger charge is -2.44. The number of alkyl halides is 3. The molecule has 0 saturated carbocycles. The minimum atomic E-state index is -5.08. The van der Waals surface area contributed by atoms with Gasteiger partial charge in [0.1, 0.15) is 5.82 Å². The van der Waals surface area contributed by atoms with E-state index in [1.165, 1.54) is 5.56 Å². The highest BCUT2D eigenvalue weighted by atomic mass is 19.4. The summed E-state index contributed by atoms with van der Waals surface area (Å²) in [6, 6.07) is 6.23. The summed E-state index contributed by atoms with van der Waals surface area (Å²) >= 11 is 0. The molecule has 3 aliphatic heterocycles. The number of carboxylic acid groups (broad SMARTS) is 1. The number of aryl methyl sites for hydroxylation is 1. The molecule has 13 heteroatoms. The number of benzene rings is 1. The van der Waals surface area contributed by atoms with Gasteiger partial charge in [-0.25, -0.2) is 4.79 Å². The van der Waals surface area contributed by atoms with Crippen LogP contribution in [0.2, 0.25) is 0 Å². The van der Waals surface area contributed by atoms with Crippen LogP contribution in [0.3, 0.4) is 0 Å². The Morgan fingerprint density at radius 2 is 1.84 bits per heavy atom. The van der Waals surface area contributed by atoms with Crippen LogP contribution in [0, 0.1) is 5.41 Å². The quantitative estimate of drug-likeness (QED) is 0.612. The molecule has 3 aliphatic rings. The van der Waals surface area contributed by atoms with Crippen LogP contribution in [0.15, 0.2) is 18.2 Å². The Bertz CT molecular complexity index is 1130. The highest BCUT2D eigenvalue weighted by Crippen LogP contribution is 2.41. The molecule has 5 rings (SSSR count). The largest absolute Gasteiger partial charge is 0.490 e. The molecule has 0 bridgehead atoms. The zero-order valence-corrected chi connectivity index (χ0v) is 20.5. The molecule has 202 valence electrons. The van der Waals surface area contributed by atoms with Crippen LogP contribution in [0.25, 0.3) is 0 Å². The molecule has 1 fully saturated rings. The van der Waals surface area contributed by atoms with E-state index in [2.05, 4.69) is 37.1 Å². The molecule has 2 aromatic rings. The number of amides is 1. The molecular formula is C24H30F3N5O5. The fraction of sp³-hybridized carbons (Fsp3) is 0.583. The molecule has 1 saturated heterocycles. The minimum Gasteiger partial charge on any atom is -0.475 e. The minimum absolute atomic E-state index is 0.104. The molecule has 0 atom stereocenters. The maximum Gasteiger partial charge on any atom is 0.490 e. The normalized spacial score (nSPS) is 18.1. The maximum absolute atomic E-state index is 12.5. The van der Waals surface area contributed by atoms with Crippen molar-refractivity contribution in [2.45, 2.75) is 58.3 Å². The van der Waals surface area contributed by atoms with E-state index in [1.54, 1.807) is 0 Å². The maximum atomic E-state index is 12.5. The van der Waals surface area contributed by atoms with E-state index in [4.69, 9.17) is 19.4 Å². The number of hydrogen-bond donors (Lipinski definition) is 2. The van der Waals surface area contributed by atoms with Crippen molar-refractivity contribution in [3.05, 3.63) is 35.4 Å². The molecule has 2 N–H and O–H groups in total. The van der Waals surface area contributed by atoms with Gasteiger partial charge in [-0.1, -0.05) is 13.0 Å². The van der Waals surface area contributed by atoms with Crippen molar-refractivity contribution in [3.63, 3.8) is 0 Å². The van der Waals surface area contributed by atoms with Crippen molar-refractivity contribution in [2.75, 3.05) is 26.4 Å². The molecule has 1 aromatic carbocycles. The van der Waals surface area contributed by atoms with E-state index in [9.17, 15) is 18.0 Å². The molecule has 0 aliphatic carbocycles. The van der Waals surface area contributed by atoms with Crippen LogP contribution in [0.1, 0.15) is 54.6 Å². The van der Waals surface area contributed by atoms with Gasteiger partial charge in [-0.15, -0.1) is 10.2 Å². The number of nitrogens with zero attached hydrogens (tertiary/aromatic N) is 4. The number of rotatable bonds is 5. The topological polar surface area (TPSA) is 119 Å². The van der Waals surface area contributed by atoms with Crippen LogP contribution >= 0.6 is 0 Å². The van der Waals surface area contributed by atoms with Gasteiger partial charge < -0.3 is 24.5 Å². The Hall–Kier alpha value is -3.35. The first-order valence-corrected chi connectivity index (χ1v) is 12.2. The van der Waals surface area contributed by atoms with E-state index < -0.39 is 12.1 Å². The number of carbonyl (C=O) groups is 2. The summed E-state index contributed by atoms with van der Waals surface area (Å²) < 4.78 is 44.7. The van der Waals surface area contributed by atoms with Crippen molar-refractivity contribution < 1.29 is 37.3 Å². The number of carbonyl (C=O) groups excluding carboxylic acids is 1. The lowest BCUT2D eigenvalue weighted by atomic mass is 9.73. The Morgan fingerprint density at radius 1 is 1.14 bits per heavy atom. The Kier molecular flexibility index (Phi) is 7.90.